The number of carbonyl (C=O) groups excluding carboxylic acids is 3. The Morgan fingerprint density at radius 2 is 1.88 bits per heavy atom. The summed E-state index contributed by atoms with van der Waals surface area (Å²) >= 11 is 0. The van der Waals surface area contributed by atoms with Crippen LogP contribution >= 0.6 is 0 Å². The number of hydrogen-bond donors (Lipinski definition) is 2. The molecule has 0 radical (unpaired) electrons. The van der Waals surface area contributed by atoms with Crippen LogP contribution < -0.4 is 10.6 Å². The summed E-state index contributed by atoms with van der Waals surface area (Å²) in [5.41, 5.74) is 1.05. The molecule has 124 valence electrons. The van der Waals surface area contributed by atoms with Crippen molar-refractivity contribution in [3.63, 3.8) is 0 Å². The number of imide groups is 1. The summed E-state index contributed by atoms with van der Waals surface area (Å²) in [6.45, 7) is 0.507. The van der Waals surface area contributed by atoms with E-state index in [1.54, 1.807) is 11.9 Å². The Morgan fingerprint density at radius 1 is 1.12 bits per heavy atom. The molecule has 0 aromatic heterocycles. The summed E-state index contributed by atoms with van der Waals surface area (Å²) in [5, 5.41) is 6.97. The highest BCUT2D eigenvalue weighted by Gasteiger charge is 2.29. The van der Waals surface area contributed by atoms with Gasteiger partial charge in [-0.2, -0.15) is 0 Å². The molecule has 2 N–H and O–H groups in total. The summed E-state index contributed by atoms with van der Waals surface area (Å²) in [6, 6.07) is 13.1. The Kier molecular flexibility index (Phi) is 4.46. The summed E-state index contributed by atoms with van der Waals surface area (Å²) in [4.78, 5) is 36.4. The van der Waals surface area contributed by atoms with Crippen molar-refractivity contribution in [2.75, 3.05) is 7.05 Å². The van der Waals surface area contributed by atoms with E-state index < -0.39 is 12.1 Å². The van der Waals surface area contributed by atoms with Crippen molar-refractivity contribution in [2.45, 2.75) is 25.4 Å². The van der Waals surface area contributed by atoms with Crippen LogP contribution in [0.2, 0.25) is 0 Å². The van der Waals surface area contributed by atoms with E-state index in [-0.39, 0.29) is 18.2 Å². The van der Waals surface area contributed by atoms with Gasteiger partial charge in [0.15, 0.2) is 0 Å². The van der Waals surface area contributed by atoms with Gasteiger partial charge in [-0.15, -0.1) is 0 Å². The highest BCUT2D eigenvalue weighted by molar-refractivity contribution is 6.04. The third-order valence-corrected chi connectivity index (χ3v) is 4.16. The second-order valence-electron chi connectivity index (χ2n) is 5.99. The van der Waals surface area contributed by atoms with Crippen LogP contribution in [0, 0.1) is 0 Å². The minimum atomic E-state index is -0.615. The van der Waals surface area contributed by atoms with Gasteiger partial charge in [0.05, 0.1) is 0 Å². The molecule has 6 nitrogen and oxygen atoms in total. The third kappa shape index (κ3) is 3.53. The van der Waals surface area contributed by atoms with Gasteiger partial charge in [0, 0.05) is 20.0 Å². The molecule has 2 aromatic rings. The number of amides is 4. The van der Waals surface area contributed by atoms with E-state index in [1.165, 1.54) is 5.39 Å². The van der Waals surface area contributed by atoms with Gasteiger partial charge in [-0.3, -0.25) is 14.9 Å². The Labute approximate surface area is 139 Å². The van der Waals surface area contributed by atoms with Gasteiger partial charge in [0.25, 0.3) is 5.91 Å². The molecule has 4 amide bonds. The summed E-state index contributed by atoms with van der Waals surface area (Å²) in [6.07, 6.45) is 0.515. The first-order chi connectivity index (χ1) is 11.5. The summed E-state index contributed by atoms with van der Waals surface area (Å²) in [5.74, 6) is -0.429. The maximum absolute atomic E-state index is 12.2. The van der Waals surface area contributed by atoms with E-state index in [1.807, 2.05) is 30.3 Å². The number of carbonyl (C=O) groups is 3. The number of hydrogen-bond acceptors (Lipinski definition) is 3. The molecular formula is C18H19N3O3. The fourth-order valence-electron chi connectivity index (χ4n) is 2.82. The van der Waals surface area contributed by atoms with Crippen LogP contribution in [-0.4, -0.2) is 35.8 Å². The van der Waals surface area contributed by atoms with Crippen molar-refractivity contribution in [1.29, 1.82) is 0 Å². The summed E-state index contributed by atoms with van der Waals surface area (Å²) < 4.78 is 0. The van der Waals surface area contributed by atoms with Gasteiger partial charge in [0.1, 0.15) is 6.04 Å². The molecule has 1 atom stereocenters. The van der Waals surface area contributed by atoms with Crippen molar-refractivity contribution >= 4 is 28.6 Å². The van der Waals surface area contributed by atoms with Crippen LogP contribution in [0.5, 0.6) is 0 Å². The molecule has 24 heavy (non-hydrogen) atoms. The van der Waals surface area contributed by atoms with Crippen LogP contribution in [-0.2, 0) is 16.1 Å². The molecule has 0 aliphatic carbocycles. The van der Waals surface area contributed by atoms with E-state index in [2.05, 4.69) is 22.8 Å². The molecule has 1 saturated heterocycles. The topological polar surface area (TPSA) is 78.5 Å². The zero-order chi connectivity index (χ0) is 17.1. The fourth-order valence-corrected chi connectivity index (χ4v) is 2.82. The van der Waals surface area contributed by atoms with E-state index in [9.17, 15) is 14.4 Å². The molecular weight excluding hydrogens is 306 g/mol. The van der Waals surface area contributed by atoms with Crippen molar-refractivity contribution in [3.05, 3.63) is 48.0 Å². The maximum atomic E-state index is 12.2. The minimum absolute atomic E-state index is 0.0582. The normalized spacial score (nSPS) is 16.8. The second-order valence-corrected chi connectivity index (χ2v) is 5.99. The molecule has 1 heterocycles. The van der Waals surface area contributed by atoms with Crippen LogP contribution in [0.15, 0.2) is 42.5 Å². The molecule has 3 rings (SSSR count). The van der Waals surface area contributed by atoms with Crippen molar-refractivity contribution < 1.29 is 14.4 Å². The van der Waals surface area contributed by atoms with Crippen LogP contribution in [0.3, 0.4) is 0 Å². The van der Waals surface area contributed by atoms with Crippen molar-refractivity contribution in [3.8, 4) is 0 Å². The van der Waals surface area contributed by atoms with E-state index in [0.717, 1.165) is 10.9 Å². The lowest BCUT2D eigenvalue weighted by molar-refractivity contribution is -0.130. The van der Waals surface area contributed by atoms with Crippen LogP contribution in [0.4, 0.5) is 4.79 Å². The average molecular weight is 325 g/mol. The van der Waals surface area contributed by atoms with Gasteiger partial charge in [-0.05, 0) is 28.8 Å². The van der Waals surface area contributed by atoms with Crippen LogP contribution in [0.1, 0.15) is 18.4 Å². The van der Waals surface area contributed by atoms with Gasteiger partial charge >= 0.3 is 6.03 Å². The predicted molar refractivity (Wildman–Crippen MR) is 90.1 cm³/mol. The Hall–Kier alpha value is -2.89. The number of rotatable bonds is 5. The molecule has 0 spiro atoms. The summed E-state index contributed by atoms with van der Waals surface area (Å²) in [7, 11) is 1.74. The number of nitrogens with one attached hydrogen (secondary N) is 2. The van der Waals surface area contributed by atoms with Crippen molar-refractivity contribution in [1.82, 2.24) is 15.5 Å². The lowest BCUT2D eigenvalue weighted by Crippen LogP contribution is -2.32. The number of nitrogens with zero attached hydrogens (tertiary/aromatic N) is 1. The predicted octanol–water partition coefficient (Wildman–Crippen LogP) is 1.79. The number of fused-ring (bicyclic) bond motifs is 1. The molecule has 1 fully saturated rings. The first kappa shape index (κ1) is 16.0. The lowest BCUT2D eigenvalue weighted by Gasteiger charge is -2.18. The standard InChI is InChI=1S/C18H19N3O3/c1-21(16(22)9-8-15-17(23)20-18(24)19-15)11-12-6-7-13-4-2-3-5-14(13)10-12/h2-7,10,15H,8-9,11H2,1H3,(H2,19,20,23,24)/t15-/m1/s1. The van der Waals surface area contributed by atoms with E-state index in [0.29, 0.717) is 13.0 Å². The van der Waals surface area contributed by atoms with Gasteiger partial charge in [0.2, 0.25) is 5.91 Å². The highest BCUT2D eigenvalue weighted by Crippen LogP contribution is 2.17. The number of urea groups is 1. The van der Waals surface area contributed by atoms with E-state index in [4.69, 9.17) is 0 Å². The molecule has 0 unspecified atom stereocenters. The molecule has 0 saturated carbocycles. The van der Waals surface area contributed by atoms with E-state index >= 15 is 0 Å². The Morgan fingerprint density at radius 3 is 2.58 bits per heavy atom. The molecule has 2 aromatic carbocycles. The molecule has 1 aliphatic heterocycles. The minimum Gasteiger partial charge on any atom is -0.341 e. The highest BCUT2D eigenvalue weighted by atomic mass is 16.2. The quantitative estimate of drug-likeness (QED) is 0.823. The monoisotopic (exact) mass is 325 g/mol. The second kappa shape index (κ2) is 6.70. The van der Waals surface area contributed by atoms with Crippen LogP contribution in [0.25, 0.3) is 10.8 Å². The molecule has 6 heteroatoms. The third-order valence-electron chi connectivity index (χ3n) is 4.16. The zero-order valence-electron chi connectivity index (χ0n) is 13.4. The Bertz CT molecular complexity index is 803. The molecule has 0 bridgehead atoms. The van der Waals surface area contributed by atoms with Crippen molar-refractivity contribution in [2.24, 2.45) is 0 Å². The molecule has 1 aliphatic rings. The largest absolute Gasteiger partial charge is 0.341 e. The smallest absolute Gasteiger partial charge is 0.322 e. The first-order valence-electron chi connectivity index (χ1n) is 7.86. The average Bonchev–Trinajstić information content (AvgIpc) is 2.90. The lowest BCUT2D eigenvalue weighted by atomic mass is 10.1. The first-order valence-corrected chi connectivity index (χ1v) is 7.86. The van der Waals surface area contributed by atoms with Gasteiger partial charge in [-0.25, -0.2) is 4.79 Å². The Balaban J connectivity index is 1.57. The zero-order valence-corrected chi connectivity index (χ0v) is 13.4. The van der Waals surface area contributed by atoms with Gasteiger partial charge < -0.3 is 10.2 Å². The maximum Gasteiger partial charge on any atom is 0.322 e. The fraction of sp³-hybridized carbons (Fsp3) is 0.278. The van der Waals surface area contributed by atoms with Gasteiger partial charge in [-0.1, -0.05) is 36.4 Å². The SMILES string of the molecule is CN(Cc1ccc2ccccc2c1)C(=O)CC[C@H]1NC(=O)NC1=O. The number of benzene rings is 2.